The van der Waals surface area contributed by atoms with Crippen molar-refractivity contribution >= 4 is 17.7 Å². The molecule has 236 valence electrons. The minimum atomic E-state index is -1.82. The summed E-state index contributed by atoms with van der Waals surface area (Å²) in [5.41, 5.74) is -1.47. The zero-order valence-corrected chi connectivity index (χ0v) is 25.4. The molecular formula is C32H42O11. The molecule has 11 nitrogen and oxygen atoms in total. The summed E-state index contributed by atoms with van der Waals surface area (Å²) < 4.78 is 35.3. The first-order valence-corrected chi connectivity index (χ1v) is 15.5. The van der Waals surface area contributed by atoms with Crippen molar-refractivity contribution in [2.45, 2.75) is 114 Å². The van der Waals surface area contributed by atoms with Gasteiger partial charge in [0.15, 0.2) is 11.9 Å². The summed E-state index contributed by atoms with van der Waals surface area (Å²) in [5, 5.41) is 24.4. The molecule has 0 amide bonds. The molecule has 0 bridgehead atoms. The van der Waals surface area contributed by atoms with Crippen LogP contribution >= 0.6 is 0 Å². The van der Waals surface area contributed by atoms with Crippen LogP contribution < -0.4 is 0 Å². The number of allylic oxidation sites excluding steroid dienone is 1. The smallest absolute Gasteiger partial charge is 0.331 e. The molecule has 2 N–H and O–H groups in total. The van der Waals surface area contributed by atoms with E-state index in [0.29, 0.717) is 38.5 Å². The van der Waals surface area contributed by atoms with Gasteiger partial charge in [0.05, 0.1) is 17.8 Å². The number of ether oxygens (including phenoxy) is 6. The Kier molecular flexibility index (Phi) is 6.65. The molecule has 43 heavy (non-hydrogen) atoms. The van der Waals surface area contributed by atoms with Gasteiger partial charge in [0.1, 0.15) is 18.8 Å². The van der Waals surface area contributed by atoms with Gasteiger partial charge in [0.2, 0.25) is 12.1 Å². The summed E-state index contributed by atoms with van der Waals surface area (Å²) in [5.74, 6) is -4.53. The number of aliphatic hydroxyl groups is 2. The molecule has 5 fully saturated rings. The average molecular weight is 603 g/mol. The van der Waals surface area contributed by atoms with Crippen LogP contribution in [-0.2, 0) is 42.8 Å². The average Bonchev–Trinajstić information content (AvgIpc) is 3.48. The minimum Gasteiger partial charge on any atom is -0.458 e. The van der Waals surface area contributed by atoms with Crippen LogP contribution in [0.1, 0.15) is 66.2 Å². The number of Topliss-reactive ketones (excluding diaryl/α,β-unsaturated/α-hetero) is 1. The van der Waals surface area contributed by atoms with Gasteiger partial charge in [-0.05, 0) is 56.4 Å². The fourth-order valence-electron chi connectivity index (χ4n) is 10.1. The molecule has 0 spiro atoms. The Labute approximate surface area is 250 Å². The Balaban J connectivity index is 1.28. The second-order valence-corrected chi connectivity index (χ2v) is 14.2. The van der Waals surface area contributed by atoms with E-state index in [2.05, 4.69) is 0 Å². The number of carbonyl (C=O) groups is 3. The van der Waals surface area contributed by atoms with Gasteiger partial charge in [-0.15, -0.1) is 0 Å². The van der Waals surface area contributed by atoms with Gasteiger partial charge in [0.25, 0.3) is 0 Å². The van der Waals surface area contributed by atoms with Crippen molar-refractivity contribution in [2.75, 3.05) is 13.7 Å². The highest BCUT2D eigenvalue weighted by Crippen LogP contribution is 2.69. The quantitative estimate of drug-likeness (QED) is 0.362. The number of esters is 2. The SMILES string of the molecule is CO[C@@H]1C[C@@H](C)O[C@H]2O[C@@H]3C=C4CC[C@@H]5[C@H](C(=O)[C@@H](OC(C)=O)[C@]6(C)[C@@H](C7=CC(=O)OC7)CC[C@]56O)[C@@]4(C)C[C@H]3O[C@]21O. The molecule has 4 aliphatic carbocycles. The van der Waals surface area contributed by atoms with Gasteiger partial charge in [-0.25, -0.2) is 4.79 Å². The molecule has 3 aliphatic heterocycles. The standard InChI is InChI=1S/C32H42O11/c1-15-10-23(38-5)32(37)28(40-15)42-21-12-18-6-7-20-25(29(18,3)13-22(21)43-32)26(35)27(41-16(2)33)30(4)19(8-9-31(20,30)36)17-11-24(34)39-14-17/h11-12,15,19-23,25,27-28,36-37H,6-10,13-14H2,1-5H3/t15-,19-,20-,21-,22-,23-,25-,27-,28+,29+,30+,31+,32+/m1/s1. The van der Waals surface area contributed by atoms with Gasteiger partial charge < -0.3 is 38.6 Å². The second-order valence-electron chi connectivity index (χ2n) is 14.2. The lowest BCUT2D eigenvalue weighted by molar-refractivity contribution is -0.450. The van der Waals surface area contributed by atoms with E-state index in [4.69, 9.17) is 28.4 Å². The molecule has 0 aromatic carbocycles. The Morgan fingerprint density at radius 3 is 2.58 bits per heavy atom. The predicted octanol–water partition coefficient (Wildman–Crippen LogP) is 2.12. The maximum absolute atomic E-state index is 14.8. The molecule has 2 saturated heterocycles. The molecule has 3 saturated carbocycles. The number of cyclic esters (lactones) is 1. The van der Waals surface area contributed by atoms with Crippen molar-refractivity contribution in [1.82, 2.24) is 0 Å². The van der Waals surface area contributed by atoms with Crippen LogP contribution in [0.2, 0.25) is 0 Å². The number of carbonyl (C=O) groups excluding carboxylic acids is 3. The Hall–Kier alpha value is -2.15. The third kappa shape index (κ3) is 3.91. The van der Waals surface area contributed by atoms with E-state index in [1.54, 1.807) is 0 Å². The summed E-state index contributed by atoms with van der Waals surface area (Å²) in [4.78, 5) is 39.3. The van der Waals surface area contributed by atoms with Crippen molar-refractivity contribution in [3.8, 4) is 0 Å². The molecule has 7 rings (SSSR count). The van der Waals surface area contributed by atoms with Gasteiger partial charge in [0, 0.05) is 43.3 Å². The van der Waals surface area contributed by atoms with E-state index < -0.39 is 76.7 Å². The lowest BCUT2D eigenvalue weighted by atomic mass is 9.43. The largest absolute Gasteiger partial charge is 0.458 e. The third-order valence-electron chi connectivity index (χ3n) is 12.1. The van der Waals surface area contributed by atoms with Crippen LogP contribution in [0.25, 0.3) is 0 Å². The third-order valence-corrected chi connectivity index (χ3v) is 12.1. The van der Waals surface area contributed by atoms with E-state index in [1.807, 2.05) is 26.8 Å². The van der Waals surface area contributed by atoms with E-state index in [9.17, 15) is 24.6 Å². The first-order chi connectivity index (χ1) is 20.3. The van der Waals surface area contributed by atoms with Crippen molar-refractivity contribution in [2.24, 2.45) is 28.6 Å². The highest BCUT2D eigenvalue weighted by molar-refractivity contribution is 5.92. The van der Waals surface area contributed by atoms with Crippen LogP contribution in [0.4, 0.5) is 0 Å². The number of rotatable bonds is 3. The number of fused-ring (bicyclic) bond motifs is 7. The highest BCUT2D eigenvalue weighted by Gasteiger charge is 2.75. The summed E-state index contributed by atoms with van der Waals surface area (Å²) >= 11 is 0. The first kappa shape index (κ1) is 29.6. The summed E-state index contributed by atoms with van der Waals surface area (Å²) in [7, 11) is 1.52. The van der Waals surface area contributed by atoms with E-state index in [1.165, 1.54) is 20.1 Å². The lowest BCUT2D eigenvalue weighted by Gasteiger charge is -2.63. The second kappa shape index (κ2) is 9.67. The summed E-state index contributed by atoms with van der Waals surface area (Å²) in [6.07, 6.45) is 2.21. The number of ketones is 1. The van der Waals surface area contributed by atoms with Crippen molar-refractivity contribution in [3.63, 3.8) is 0 Å². The fraction of sp³-hybridized carbons (Fsp3) is 0.781. The Bertz CT molecular complexity index is 1310. The first-order valence-electron chi connectivity index (χ1n) is 15.5. The molecule has 11 heteroatoms. The normalized spacial score (nSPS) is 52.0. The monoisotopic (exact) mass is 602 g/mol. The van der Waals surface area contributed by atoms with Gasteiger partial charge in [-0.3, -0.25) is 9.59 Å². The molecule has 7 aliphatic rings. The number of methoxy groups -OCH3 is 1. The van der Waals surface area contributed by atoms with Crippen molar-refractivity contribution in [1.29, 1.82) is 0 Å². The van der Waals surface area contributed by atoms with Gasteiger partial charge >= 0.3 is 11.9 Å². The zero-order valence-electron chi connectivity index (χ0n) is 25.4. The van der Waals surface area contributed by atoms with Crippen LogP contribution in [0.15, 0.2) is 23.3 Å². The molecule has 0 aromatic rings. The van der Waals surface area contributed by atoms with E-state index >= 15 is 0 Å². The topological polar surface area (TPSA) is 147 Å². The van der Waals surface area contributed by atoms with Crippen LogP contribution in [0.3, 0.4) is 0 Å². The van der Waals surface area contributed by atoms with E-state index in [-0.39, 0.29) is 24.4 Å². The maximum Gasteiger partial charge on any atom is 0.331 e. The van der Waals surface area contributed by atoms with Crippen molar-refractivity contribution in [3.05, 3.63) is 23.3 Å². The molecule has 13 atom stereocenters. The molecular weight excluding hydrogens is 560 g/mol. The van der Waals surface area contributed by atoms with Crippen LogP contribution in [-0.4, -0.2) is 89.8 Å². The lowest BCUT2D eigenvalue weighted by Crippen LogP contribution is -2.72. The number of hydrogen-bond donors (Lipinski definition) is 2. The Morgan fingerprint density at radius 2 is 1.91 bits per heavy atom. The maximum atomic E-state index is 14.8. The zero-order chi connectivity index (χ0) is 30.7. The van der Waals surface area contributed by atoms with Crippen molar-refractivity contribution < 1.29 is 53.0 Å². The minimum absolute atomic E-state index is 0.101. The predicted molar refractivity (Wildman–Crippen MR) is 147 cm³/mol. The van der Waals surface area contributed by atoms with Crippen LogP contribution in [0, 0.1) is 28.6 Å². The van der Waals surface area contributed by atoms with Gasteiger partial charge in [-0.2, -0.15) is 0 Å². The summed E-state index contributed by atoms with van der Waals surface area (Å²) in [6, 6.07) is 0. The fourth-order valence-corrected chi connectivity index (χ4v) is 10.1. The van der Waals surface area contributed by atoms with Crippen LogP contribution in [0.5, 0.6) is 0 Å². The number of hydrogen-bond acceptors (Lipinski definition) is 11. The van der Waals surface area contributed by atoms with E-state index in [0.717, 1.165) is 11.1 Å². The highest BCUT2D eigenvalue weighted by atomic mass is 16.8. The molecule has 3 heterocycles. The molecule has 0 radical (unpaired) electrons. The Morgan fingerprint density at radius 1 is 1.14 bits per heavy atom. The molecule has 0 unspecified atom stereocenters. The van der Waals surface area contributed by atoms with Gasteiger partial charge in [-0.1, -0.05) is 25.5 Å². The molecule has 0 aromatic heterocycles. The summed E-state index contributed by atoms with van der Waals surface area (Å²) in [6.45, 7) is 7.13.